The number of phosphoric acid groups is 1. The first-order valence-electron chi connectivity index (χ1n) is 6.88. The average Bonchev–Trinajstić information content (AvgIpc) is 3.01. The van der Waals surface area contributed by atoms with E-state index in [0.29, 0.717) is 23.7 Å². The fourth-order valence-electron chi connectivity index (χ4n) is 2.76. The van der Waals surface area contributed by atoms with Crippen LogP contribution in [0.15, 0.2) is 18.2 Å². The lowest BCUT2D eigenvalue weighted by Crippen LogP contribution is -2.44. The summed E-state index contributed by atoms with van der Waals surface area (Å²) < 4.78 is 20.6. The van der Waals surface area contributed by atoms with E-state index >= 15 is 0 Å². The van der Waals surface area contributed by atoms with Crippen LogP contribution in [0.2, 0.25) is 0 Å². The number of aliphatic hydroxyl groups is 2. The van der Waals surface area contributed by atoms with Crippen LogP contribution in [0.1, 0.15) is 0 Å². The summed E-state index contributed by atoms with van der Waals surface area (Å²) in [5.74, 6) is 0. The topological polar surface area (TPSA) is 158 Å². The van der Waals surface area contributed by atoms with Crippen LogP contribution < -0.4 is 16.0 Å². The normalized spacial score (nSPS) is 30.3. The molecule has 2 heterocycles. The van der Waals surface area contributed by atoms with Crippen LogP contribution in [-0.4, -0.2) is 57.8 Å². The van der Waals surface area contributed by atoms with Crippen LogP contribution >= 0.6 is 7.82 Å². The van der Waals surface area contributed by atoms with E-state index in [4.69, 9.17) is 20.3 Å². The predicted octanol–water partition coefficient (Wildman–Crippen LogP) is -0.986. The molecule has 2 aliphatic heterocycles. The third-order valence-corrected chi connectivity index (χ3v) is 4.35. The molecule has 0 spiro atoms. The molecule has 11 heteroatoms. The van der Waals surface area contributed by atoms with Crippen LogP contribution in [0.3, 0.4) is 0 Å². The van der Waals surface area contributed by atoms with E-state index in [-0.39, 0.29) is 0 Å². The van der Waals surface area contributed by atoms with Gasteiger partial charge in [0.25, 0.3) is 0 Å². The lowest BCUT2D eigenvalue weighted by Gasteiger charge is -2.27. The number of rotatable bonds is 4. The van der Waals surface area contributed by atoms with E-state index in [1.165, 1.54) is 0 Å². The number of phosphoric ester groups is 1. The van der Waals surface area contributed by atoms with Crippen LogP contribution in [0.25, 0.3) is 0 Å². The van der Waals surface area contributed by atoms with E-state index < -0.39 is 39.0 Å². The number of nitrogens with two attached hydrogens (primary N) is 1. The highest BCUT2D eigenvalue weighted by Gasteiger charge is 2.47. The van der Waals surface area contributed by atoms with Crippen molar-refractivity contribution in [3.8, 4) is 0 Å². The molecular formula is C12H18N3O7P. The van der Waals surface area contributed by atoms with Crippen LogP contribution in [0, 0.1) is 0 Å². The monoisotopic (exact) mass is 347 g/mol. The minimum Gasteiger partial charge on any atom is -0.397 e. The Kier molecular flexibility index (Phi) is 4.23. The third-order valence-electron chi connectivity index (χ3n) is 3.86. The zero-order chi connectivity index (χ0) is 16.8. The second-order valence-corrected chi connectivity index (χ2v) is 6.62. The minimum atomic E-state index is -4.68. The fourth-order valence-corrected chi connectivity index (χ4v) is 3.10. The standard InChI is InChI=1S/C12H18N3O7P/c13-6-2-1-3-7-9(6)14-5-15(7)12-11(17)10(16)8(22-12)4-21-23(18,19)20/h1-3,8,10-12,14,16-17H,4-5,13H2,(H2,18,19,20)/t8-,10-,11-,12-/m1/s1. The van der Waals surface area contributed by atoms with Gasteiger partial charge in [0.05, 0.1) is 30.3 Å². The molecule has 1 saturated heterocycles. The number of benzene rings is 1. The highest BCUT2D eigenvalue weighted by atomic mass is 31.2. The van der Waals surface area contributed by atoms with Gasteiger partial charge in [0.2, 0.25) is 0 Å². The highest BCUT2D eigenvalue weighted by molar-refractivity contribution is 7.46. The number of anilines is 3. The second kappa shape index (κ2) is 5.91. The van der Waals surface area contributed by atoms with Crippen molar-refractivity contribution in [1.29, 1.82) is 0 Å². The van der Waals surface area contributed by atoms with Crippen molar-refractivity contribution in [2.45, 2.75) is 24.5 Å². The van der Waals surface area contributed by atoms with Crippen LogP contribution in [0.5, 0.6) is 0 Å². The molecule has 0 amide bonds. The summed E-state index contributed by atoms with van der Waals surface area (Å²) in [4.78, 5) is 19.1. The predicted molar refractivity (Wildman–Crippen MR) is 80.5 cm³/mol. The molecule has 0 aromatic heterocycles. The fraction of sp³-hybridized carbons (Fsp3) is 0.500. The Bertz CT molecular complexity index is 639. The summed E-state index contributed by atoms with van der Waals surface area (Å²) in [6.45, 7) is -0.228. The Labute approximate surface area is 131 Å². The first kappa shape index (κ1) is 16.5. The molecule has 10 nitrogen and oxygen atoms in total. The van der Waals surface area contributed by atoms with Gasteiger partial charge in [-0.05, 0) is 12.1 Å². The molecule has 128 valence electrons. The van der Waals surface area contributed by atoms with Crippen molar-refractivity contribution < 1.29 is 33.8 Å². The summed E-state index contributed by atoms with van der Waals surface area (Å²) in [5, 5.41) is 23.3. The van der Waals surface area contributed by atoms with Crippen molar-refractivity contribution in [3.05, 3.63) is 18.2 Å². The molecule has 4 atom stereocenters. The molecule has 1 fully saturated rings. The summed E-state index contributed by atoms with van der Waals surface area (Å²) in [6.07, 6.45) is -4.56. The molecule has 7 N–H and O–H groups in total. The molecule has 2 aliphatic rings. The minimum absolute atomic E-state index is 0.310. The number of fused-ring (bicyclic) bond motifs is 1. The second-order valence-electron chi connectivity index (χ2n) is 5.38. The first-order valence-corrected chi connectivity index (χ1v) is 8.41. The number of nitrogens with zero attached hydrogens (tertiary/aromatic N) is 1. The van der Waals surface area contributed by atoms with E-state index in [9.17, 15) is 14.8 Å². The van der Waals surface area contributed by atoms with E-state index in [0.717, 1.165) is 0 Å². The Morgan fingerprint density at radius 2 is 2.13 bits per heavy atom. The molecule has 1 aromatic carbocycles. The molecular weight excluding hydrogens is 329 g/mol. The Balaban J connectivity index is 1.75. The lowest BCUT2D eigenvalue weighted by atomic mass is 10.1. The van der Waals surface area contributed by atoms with E-state index in [1.54, 1.807) is 23.1 Å². The molecule has 23 heavy (non-hydrogen) atoms. The van der Waals surface area contributed by atoms with Gasteiger partial charge in [-0.2, -0.15) is 0 Å². The van der Waals surface area contributed by atoms with Gasteiger partial charge in [-0.1, -0.05) is 6.07 Å². The van der Waals surface area contributed by atoms with Gasteiger partial charge in [0, 0.05) is 0 Å². The van der Waals surface area contributed by atoms with E-state index in [2.05, 4.69) is 9.84 Å². The number of hydrogen-bond acceptors (Lipinski definition) is 8. The van der Waals surface area contributed by atoms with Crippen molar-refractivity contribution in [1.82, 2.24) is 0 Å². The maximum atomic E-state index is 10.8. The number of para-hydroxylation sites is 1. The quantitative estimate of drug-likeness (QED) is 0.295. The highest BCUT2D eigenvalue weighted by Crippen LogP contribution is 2.41. The maximum absolute atomic E-state index is 10.8. The maximum Gasteiger partial charge on any atom is 0.469 e. The Hall–Kier alpha value is -1.39. The van der Waals surface area contributed by atoms with Crippen LogP contribution in [-0.2, 0) is 13.8 Å². The number of aliphatic hydroxyl groups excluding tert-OH is 2. The first-order chi connectivity index (χ1) is 10.8. The van der Waals surface area contributed by atoms with Gasteiger partial charge in [-0.25, -0.2) is 4.57 Å². The van der Waals surface area contributed by atoms with Gasteiger partial charge >= 0.3 is 7.82 Å². The largest absolute Gasteiger partial charge is 0.469 e. The van der Waals surface area contributed by atoms with Gasteiger partial charge in [-0.15, -0.1) is 0 Å². The Morgan fingerprint density at radius 3 is 2.83 bits per heavy atom. The van der Waals surface area contributed by atoms with Crippen LogP contribution in [0.4, 0.5) is 17.1 Å². The number of ether oxygens (including phenoxy) is 1. The molecule has 0 saturated carbocycles. The molecule has 0 aliphatic carbocycles. The molecule has 1 aromatic rings. The summed E-state index contributed by atoms with van der Waals surface area (Å²) >= 11 is 0. The smallest absolute Gasteiger partial charge is 0.397 e. The van der Waals surface area contributed by atoms with Gasteiger partial charge in [0.15, 0.2) is 6.23 Å². The van der Waals surface area contributed by atoms with Crippen molar-refractivity contribution >= 4 is 24.9 Å². The molecule has 0 bridgehead atoms. The molecule has 0 unspecified atom stereocenters. The van der Waals surface area contributed by atoms with Gasteiger partial charge in [-0.3, -0.25) is 4.52 Å². The van der Waals surface area contributed by atoms with E-state index in [1.807, 2.05) is 0 Å². The summed E-state index contributed by atoms with van der Waals surface area (Å²) in [6, 6.07) is 5.26. The lowest BCUT2D eigenvalue weighted by molar-refractivity contribution is -0.0214. The van der Waals surface area contributed by atoms with Gasteiger partial charge in [0.1, 0.15) is 18.3 Å². The average molecular weight is 347 g/mol. The number of nitrogens with one attached hydrogen (secondary N) is 1. The number of hydrogen-bond donors (Lipinski definition) is 6. The summed E-state index contributed by atoms with van der Waals surface area (Å²) in [5.41, 5.74) is 7.82. The molecule has 0 radical (unpaired) electrons. The SMILES string of the molecule is Nc1cccc2c1NCN2[C@@H]1O[C@H](COP(=O)(O)O)[C@@H](O)[C@H]1O. The zero-order valence-electron chi connectivity index (χ0n) is 11.9. The molecule has 3 rings (SSSR count). The number of nitrogen functional groups attached to an aromatic ring is 1. The zero-order valence-corrected chi connectivity index (χ0v) is 12.8. The van der Waals surface area contributed by atoms with Crippen molar-refractivity contribution in [2.75, 3.05) is 29.2 Å². The van der Waals surface area contributed by atoms with Gasteiger partial charge < -0.3 is 40.7 Å². The van der Waals surface area contributed by atoms with Crippen molar-refractivity contribution in [2.24, 2.45) is 0 Å². The van der Waals surface area contributed by atoms with Crippen molar-refractivity contribution in [3.63, 3.8) is 0 Å². The third kappa shape index (κ3) is 3.15. The Morgan fingerprint density at radius 1 is 1.39 bits per heavy atom. The summed E-state index contributed by atoms with van der Waals surface area (Å²) in [7, 11) is -4.68.